The normalized spacial score (nSPS) is 16.6. The molecule has 2 rings (SSSR count). The van der Waals surface area contributed by atoms with Gasteiger partial charge in [0.25, 0.3) is 5.69 Å². The quantitative estimate of drug-likeness (QED) is 0.672. The summed E-state index contributed by atoms with van der Waals surface area (Å²) in [6.07, 6.45) is 3.42. The molecule has 1 saturated carbocycles. The molecule has 0 aromatic heterocycles. The van der Waals surface area contributed by atoms with Gasteiger partial charge >= 0.3 is 0 Å². The Morgan fingerprint density at radius 3 is 2.70 bits per heavy atom. The molecular weight excluding hydrogens is 258 g/mol. The minimum atomic E-state index is -0.767. The Balaban J connectivity index is 2.27. The van der Waals surface area contributed by atoms with E-state index in [2.05, 4.69) is 0 Å². The van der Waals surface area contributed by atoms with Gasteiger partial charge in [-0.3, -0.25) is 10.1 Å². The number of rotatable bonds is 4. The first-order valence-corrected chi connectivity index (χ1v) is 6.57. The lowest BCUT2D eigenvalue weighted by Crippen LogP contribution is -2.39. The summed E-state index contributed by atoms with van der Waals surface area (Å²) in [5.74, 6) is 0. The maximum absolute atomic E-state index is 11.1. The Kier molecular flexibility index (Phi) is 3.91. The van der Waals surface area contributed by atoms with Gasteiger partial charge in [-0.15, -0.1) is 0 Å². The molecular formula is C14H17N3O3. The van der Waals surface area contributed by atoms with Crippen molar-refractivity contribution in [2.24, 2.45) is 0 Å². The number of anilines is 1. The summed E-state index contributed by atoms with van der Waals surface area (Å²) in [4.78, 5) is 12.3. The van der Waals surface area contributed by atoms with Crippen molar-refractivity contribution in [3.8, 4) is 6.07 Å². The highest BCUT2D eigenvalue weighted by atomic mass is 16.6. The minimum absolute atomic E-state index is 0.104. The van der Waals surface area contributed by atoms with E-state index in [0.29, 0.717) is 12.2 Å². The molecule has 1 aliphatic rings. The fourth-order valence-corrected chi connectivity index (χ4v) is 2.78. The molecule has 1 aromatic carbocycles. The second kappa shape index (κ2) is 5.47. The van der Waals surface area contributed by atoms with E-state index >= 15 is 0 Å². The van der Waals surface area contributed by atoms with E-state index in [1.807, 2.05) is 6.07 Å². The molecule has 1 fully saturated rings. The van der Waals surface area contributed by atoms with Crippen LogP contribution in [-0.4, -0.2) is 29.2 Å². The summed E-state index contributed by atoms with van der Waals surface area (Å²) in [5.41, 5.74) is -0.188. The fraction of sp³-hybridized carbons (Fsp3) is 0.500. The zero-order valence-corrected chi connectivity index (χ0v) is 11.4. The Labute approximate surface area is 117 Å². The number of nitrogens with zero attached hydrogens (tertiary/aromatic N) is 3. The fourth-order valence-electron chi connectivity index (χ4n) is 2.78. The number of nitriles is 1. The lowest BCUT2D eigenvalue weighted by molar-refractivity contribution is -0.384. The van der Waals surface area contributed by atoms with Gasteiger partial charge in [-0.25, -0.2) is 0 Å². The highest BCUT2D eigenvalue weighted by Crippen LogP contribution is 2.34. The maximum Gasteiger partial charge on any atom is 0.293 e. The summed E-state index contributed by atoms with van der Waals surface area (Å²) in [7, 11) is 1.73. The molecule has 106 valence electrons. The lowest BCUT2D eigenvalue weighted by Gasteiger charge is -2.29. The summed E-state index contributed by atoms with van der Waals surface area (Å²) in [6.45, 7) is 0.361. The van der Waals surface area contributed by atoms with E-state index in [1.165, 1.54) is 6.07 Å². The van der Waals surface area contributed by atoms with Crippen molar-refractivity contribution in [2.45, 2.75) is 31.3 Å². The first-order valence-electron chi connectivity index (χ1n) is 6.57. The van der Waals surface area contributed by atoms with Crippen molar-refractivity contribution in [3.05, 3.63) is 33.9 Å². The summed E-state index contributed by atoms with van der Waals surface area (Å²) >= 11 is 0. The molecule has 0 saturated heterocycles. The molecule has 1 aromatic rings. The van der Waals surface area contributed by atoms with E-state index in [0.717, 1.165) is 25.7 Å². The van der Waals surface area contributed by atoms with Gasteiger partial charge in [0.15, 0.2) is 0 Å². The van der Waals surface area contributed by atoms with Gasteiger partial charge in [-0.05, 0) is 25.0 Å². The molecule has 0 heterocycles. The molecule has 1 aliphatic carbocycles. The standard InChI is InChI=1S/C14H17N3O3/c1-16(10-14(18)6-2-3-7-14)12-5-4-11(9-15)8-13(12)17(19)20/h4-5,8,18H,2-3,6-7,10H2,1H3. The van der Waals surface area contributed by atoms with Gasteiger partial charge in [-0.1, -0.05) is 12.8 Å². The largest absolute Gasteiger partial charge is 0.388 e. The van der Waals surface area contributed by atoms with Crippen molar-refractivity contribution < 1.29 is 10.0 Å². The Morgan fingerprint density at radius 2 is 2.15 bits per heavy atom. The first-order chi connectivity index (χ1) is 9.45. The van der Waals surface area contributed by atoms with Crippen LogP contribution >= 0.6 is 0 Å². The highest BCUT2D eigenvalue weighted by Gasteiger charge is 2.33. The average molecular weight is 275 g/mol. The molecule has 0 radical (unpaired) electrons. The molecule has 0 atom stereocenters. The first kappa shape index (κ1) is 14.3. The van der Waals surface area contributed by atoms with Crippen molar-refractivity contribution in [3.63, 3.8) is 0 Å². The average Bonchev–Trinajstić information content (AvgIpc) is 2.84. The topological polar surface area (TPSA) is 90.4 Å². The number of benzene rings is 1. The van der Waals surface area contributed by atoms with Crippen LogP contribution in [0, 0.1) is 21.4 Å². The zero-order valence-electron chi connectivity index (χ0n) is 11.4. The third kappa shape index (κ3) is 2.89. The molecule has 20 heavy (non-hydrogen) atoms. The number of hydrogen-bond acceptors (Lipinski definition) is 5. The molecule has 6 heteroatoms. The van der Waals surface area contributed by atoms with Crippen molar-refractivity contribution in [1.29, 1.82) is 5.26 Å². The molecule has 0 aliphatic heterocycles. The smallest absolute Gasteiger partial charge is 0.293 e. The van der Waals surface area contributed by atoms with E-state index in [-0.39, 0.29) is 11.3 Å². The predicted molar refractivity (Wildman–Crippen MR) is 74.5 cm³/mol. The minimum Gasteiger partial charge on any atom is -0.388 e. The van der Waals surface area contributed by atoms with Gasteiger partial charge in [-0.2, -0.15) is 5.26 Å². The third-order valence-electron chi connectivity index (χ3n) is 3.78. The zero-order chi connectivity index (χ0) is 14.8. The van der Waals surface area contributed by atoms with Gasteiger partial charge in [0.2, 0.25) is 0 Å². The Bertz CT molecular complexity index is 559. The summed E-state index contributed by atoms with van der Waals surface area (Å²) < 4.78 is 0. The SMILES string of the molecule is CN(CC1(O)CCCC1)c1ccc(C#N)cc1[N+](=O)[O-]. The Hall–Kier alpha value is -2.13. The summed E-state index contributed by atoms with van der Waals surface area (Å²) in [6, 6.07) is 6.28. The van der Waals surface area contributed by atoms with Crippen LogP contribution in [0.25, 0.3) is 0 Å². The lowest BCUT2D eigenvalue weighted by atomic mass is 10.0. The molecule has 1 N–H and O–H groups in total. The number of nitro benzene ring substituents is 1. The van der Waals surface area contributed by atoms with Crippen molar-refractivity contribution in [2.75, 3.05) is 18.5 Å². The van der Waals surface area contributed by atoms with Crippen molar-refractivity contribution >= 4 is 11.4 Å². The van der Waals surface area contributed by atoms with E-state index < -0.39 is 10.5 Å². The molecule has 0 spiro atoms. The second-order valence-electron chi connectivity index (χ2n) is 5.36. The molecule has 0 bridgehead atoms. The number of aliphatic hydroxyl groups is 1. The van der Waals surface area contributed by atoms with Gasteiger partial charge in [0.1, 0.15) is 5.69 Å². The molecule has 6 nitrogen and oxygen atoms in total. The van der Waals surface area contributed by atoms with Crippen LogP contribution in [0.15, 0.2) is 18.2 Å². The summed E-state index contributed by atoms with van der Waals surface area (Å²) in [5, 5.41) is 30.3. The number of nitro groups is 1. The predicted octanol–water partition coefficient (Wildman–Crippen LogP) is 2.21. The van der Waals surface area contributed by atoms with Crippen LogP contribution < -0.4 is 4.90 Å². The van der Waals surface area contributed by atoms with E-state index in [1.54, 1.807) is 24.1 Å². The second-order valence-corrected chi connectivity index (χ2v) is 5.36. The van der Waals surface area contributed by atoms with Crippen molar-refractivity contribution in [1.82, 2.24) is 0 Å². The van der Waals surface area contributed by atoms with Crippen LogP contribution in [-0.2, 0) is 0 Å². The van der Waals surface area contributed by atoms with Gasteiger partial charge < -0.3 is 10.0 Å². The maximum atomic E-state index is 11.1. The van der Waals surface area contributed by atoms with E-state index in [9.17, 15) is 15.2 Å². The van der Waals surface area contributed by atoms with Crippen LogP contribution in [0.2, 0.25) is 0 Å². The van der Waals surface area contributed by atoms with Gasteiger partial charge in [0.05, 0.1) is 22.2 Å². The van der Waals surface area contributed by atoms with Crippen LogP contribution in [0.5, 0.6) is 0 Å². The number of likely N-dealkylation sites (N-methyl/N-ethyl adjacent to an activating group) is 1. The monoisotopic (exact) mass is 275 g/mol. The third-order valence-corrected chi connectivity index (χ3v) is 3.78. The number of hydrogen-bond donors (Lipinski definition) is 1. The molecule has 0 amide bonds. The Morgan fingerprint density at radius 1 is 1.50 bits per heavy atom. The van der Waals surface area contributed by atoms with Crippen LogP contribution in [0.3, 0.4) is 0 Å². The van der Waals surface area contributed by atoms with Gasteiger partial charge in [0, 0.05) is 19.7 Å². The molecule has 0 unspecified atom stereocenters. The highest BCUT2D eigenvalue weighted by molar-refractivity contribution is 5.65. The van der Waals surface area contributed by atoms with E-state index in [4.69, 9.17) is 5.26 Å². The van der Waals surface area contributed by atoms with Crippen LogP contribution in [0.1, 0.15) is 31.2 Å². The van der Waals surface area contributed by atoms with Crippen LogP contribution in [0.4, 0.5) is 11.4 Å².